The summed E-state index contributed by atoms with van der Waals surface area (Å²) in [4.78, 5) is 14.0. The van der Waals surface area contributed by atoms with Crippen molar-refractivity contribution in [3.8, 4) is 0 Å². The largest absolute Gasteiger partial charge is 0.481 e. The molecule has 0 aliphatic carbocycles. The second kappa shape index (κ2) is 3.40. The molecule has 1 rings (SSSR count). The molecule has 0 amide bonds. The highest BCUT2D eigenvalue weighted by Gasteiger charge is 2.05. The predicted molar refractivity (Wildman–Crippen MR) is 45.0 cm³/mol. The number of halogens is 1. The van der Waals surface area contributed by atoms with Crippen LogP contribution in [-0.2, 0) is 11.2 Å². The lowest BCUT2D eigenvalue weighted by atomic mass is 10.2. The lowest BCUT2D eigenvalue weighted by Crippen LogP contribution is -2.02. The number of rotatable bonds is 2. The first-order valence-corrected chi connectivity index (χ1v) is 3.59. The van der Waals surface area contributed by atoms with Gasteiger partial charge in [-0.3, -0.25) is 4.79 Å². The molecular formula is C7H7ClN2O2. The Kier molecular flexibility index (Phi) is 2.50. The first kappa shape index (κ1) is 8.80. The van der Waals surface area contributed by atoms with E-state index < -0.39 is 5.97 Å². The van der Waals surface area contributed by atoms with Gasteiger partial charge in [-0.25, -0.2) is 4.98 Å². The normalized spacial score (nSPS) is 9.75. The minimum atomic E-state index is -0.941. The van der Waals surface area contributed by atoms with Crippen LogP contribution in [0.4, 0.5) is 5.82 Å². The maximum Gasteiger partial charge on any atom is 0.307 e. The fraction of sp³-hybridized carbons (Fsp3) is 0.143. The van der Waals surface area contributed by atoms with Gasteiger partial charge in [-0.2, -0.15) is 0 Å². The van der Waals surface area contributed by atoms with Crippen LogP contribution in [-0.4, -0.2) is 16.1 Å². The van der Waals surface area contributed by atoms with Crippen molar-refractivity contribution in [2.75, 3.05) is 5.73 Å². The second-order valence-electron chi connectivity index (χ2n) is 2.27. The number of hydrogen-bond acceptors (Lipinski definition) is 3. The molecule has 0 aliphatic heterocycles. The fourth-order valence-corrected chi connectivity index (χ4v) is 0.994. The number of carboxylic acid groups (broad SMARTS) is 1. The maximum atomic E-state index is 10.3. The van der Waals surface area contributed by atoms with Gasteiger partial charge in [0.1, 0.15) is 5.82 Å². The molecule has 0 saturated heterocycles. The van der Waals surface area contributed by atoms with Crippen molar-refractivity contribution in [1.82, 2.24) is 4.98 Å². The number of hydrogen-bond donors (Lipinski definition) is 2. The van der Waals surface area contributed by atoms with Crippen LogP contribution in [0.5, 0.6) is 0 Å². The second-order valence-corrected chi connectivity index (χ2v) is 2.68. The smallest absolute Gasteiger partial charge is 0.307 e. The number of nitrogen functional groups attached to an aromatic ring is 1. The lowest BCUT2D eigenvalue weighted by Gasteiger charge is -2.00. The summed E-state index contributed by atoms with van der Waals surface area (Å²) >= 11 is 5.69. The molecule has 0 saturated carbocycles. The van der Waals surface area contributed by atoms with Gasteiger partial charge in [0.05, 0.1) is 6.42 Å². The molecule has 0 fully saturated rings. The van der Waals surface area contributed by atoms with Crippen molar-refractivity contribution in [1.29, 1.82) is 0 Å². The van der Waals surface area contributed by atoms with Crippen molar-refractivity contribution in [2.45, 2.75) is 6.42 Å². The Balaban J connectivity index is 2.93. The average molecular weight is 187 g/mol. The first-order valence-electron chi connectivity index (χ1n) is 3.21. The first-order chi connectivity index (χ1) is 5.59. The molecule has 1 aromatic rings. The molecular weight excluding hydrogens is 180 g/mol. The van der Waals surface area contributed by atoms with Gasteiger partial charge >= 0.3 is 5.97 Å². The zero-order chi connectivity index (χ0) is 9.14. The Morgan fingerprint density at radius 2 is 2.42 bits per heavy atom. The van der Waals surface area contributed by atoms with E-state index in [1.165, 1.54) is 12.3 Å². The number of nitrogens with zero attached hydrogens (tertiary/aromatic N) is 1. The summed E-state index contributed by atoms with van der Waals surface area (Å²) < 4.78 is 0. The highest BCUT2D eigenvalue weighted by atomic mass is 35.5. The number of nitrogens with two attached hydrogens (primary N) is 1. The van der Waals surface area contributed by atoms with E-state index in [-0.39, 0.29) is 12.2 Å². The minimum absolute atomic E-state index is 0.133. The summed E-state index contributed by atoms with van der Waals surface area (Å²) in [6, 6.07) is 1.43. The molecule has 12 heavy (non-hydrogen) atoms. The van der Waals surface area contributed by atoms with Crippen LogP contribution in [0, 0.1) is 0 Å². The third-order valence-electron chi connectivity index (χ3n) is 1.29. The SMILES string of the molecule is Nc1cc(Cl)c(CC(=O)O)cn1. The van der Waals surface area contributed by atoms with Gasteiger partial charge in [0, 0.05) is 16.8 Å². The van der Waals surface area contributed by atoms with Crippen molar-refractivity contribution in [2.24, 2.45) is 0 Å². The van der Waals surface area contributed by atoms with Gasteiger partial charge in [-0.15, -0.1) is 0 Å². The molecule has 0 aliphatic rings. The Morgan fingerprint density at radius 3 is 2.92 bits per heavy atom. The highest BCUT2D eigenvalue weighted by Crippen LogP contribution is 2.17. The van der Waals surface area contributed by atoms with Gasteiger partial charge in [-0.05, 0) is 6.07 Å². The zero-order valence-electron chi connectivity index (χ0n) is 6.12. The molecule has 0 unspecified atom stereocenters. The molecule has 5 heteroatoms. The van der Waals surface area contributed by atoms with E-state index in [0.29, 0.717) is 10.6 Å². The monoisotopic (exact) mass is 186 g/mol. The molecule has 4 nitrogen and oxygen atoms in total. The molecule has 0 spiro atoms. The molecule has 64 valence electrons. The number of pyridine rings is 1. The van der Waals surface area contributed by atoms with Crippen LogP contribution in [0.15, 0.2) is 12.3 Å². The lowest BCUT2D eigenvalue weighted by molar-refractivity contribution is -0.136. The summed E-state index contributed by atoms with van der Waals surface area (Å²) in [6.07, 6.45) is 1.23. The van der Waals surface area contributed by atoms with Crippen molar-refractivity contribution in [3.05, 3.63) is 22.8 Å². The van der Waals surface area contributed by atoms with E-state index in [0.717, 1.165) is 0 Å². The van der Waals surface area contributed by atoms with E-state index >= 15 is 0 Å². The van der Waals surface area contributed by atoms with E-state index in [1.807, 2.05) is 0 Å². The maximum absolute atomic E-state index is 10.3. The highest BCUT2D eigenvalue weighted by molar-refractivity contribution is 6.31. The summed E-state index contributed by atoms with van der Waals surface area (Å²) in [7, 11) is 0. The summed E-state index contributed by atoms with van der Waals surface area (Å²) in [5.41, 5.74) is 5.79. The molecule has 0 atom stereocenters. The Labute approximate surface area is 74.0 Å². The van der Waals surface area contributed by atoms with Crippen LogP contribution in [0.1, 0.15) is 5.56 Å². The summed E-state index contributed by atoms with van der Waals surface area (Å²) in [5, 5.41) is 8.78. The van der Waals surface area contributed by atoms with E-state index in [2.05, 4.69) is 4.98 Å². The van der Waals surface area contributed by atoms with E-state index in [4.69, 9.17) is 22.4 Å². The topological polar surface area (TPSA) is 76.2 Å². The molecule has 0 bridgehead atoms. The van der Waals surface area contributed by atoms with Crippen molar-refractivity contribution in [3.63, 3.8) is 0 Å². The van der Waals surface area contributed by atoms with Gasteiger partial charge in [0.2, 0.25) is 0 Å². The number of carbonyl (C=O) groups is 1. The molecule has 0 aromatic carbocycles. The van der Waals surface area contributed by atoms with Gasteiger partial charge in [-0.1, -0.05) is 11.6 Å². The van der Waals surface area contributed by atoms with Crippen LogP contribution < -0.4 is 5.73 Å². The standard InChI is InChI=1S/C7H7ClN2O2/c8-5-2-6(9)10-3-4(5)1-7(11)12/h2-3H,1H2,(H2,9,10)(H,11,12). The third-order valence-corrected chi connectivity index (χ3v) is 1.64. The molecule has 0 radical (unpaired) electrons. The number of anilines is 1. The van der Waals surface area contributed by atoms with E-state index in [9.17, 15) is 4.79 Å². The number of carboxylic acids is 1. The molecule has 1 aromatic heterocycles. The van der Waals surface area contributed by atoms with Crippen LogP contribution in [0.25, 0.3) is 0 Å². The average Bonchev–Trinajstić information content (AvgIpc) is 1.94. The molecule has 1 heterocycles. The quantitative estimate of drug-likeness (QED) is 0.721. The number of aromatic nitrogens is 1. The molecule has 3 N–H and O–H groups in total. The summed E-state index contributed by atoms with van der Waals surface area (Å²) in [6.45, 7) is 0. The van der Waals surface area contributed by atoms with Crippen molar-refractivity contribution >= 4 is 23.4 Å². The van der Waals surface area contributed by atoms with Gasteiger partial charge in [0.25, 0.3) is 0 Å². The Bertz CT molecular complexity index is 314. The Morgan fingerprint density at radius 1 is 1.75 bits per heavy atom. The van der Waals surface area contributed by atoms with Gasteiger partial charge < -0.3 is 10.8 Å². The third kappa shape index (κ3) is 2.10. The van der Waals surface area contributed by atoms with Crippen molar-refractivity contribution < 1.29 is 9.90 Å². The zero-order valence-corrected chi connectivity index (χ0v) is 6.88. The summed E-state index contributed by atoms with van der Waals surface area (Å²) in [5.74, 6) is -0.655. The van der Waals surface area contributed by atoms with Crippen LogP contribution in [0.2, 0.25) is 5.02 Å². The fourth-order valence-electron chi connectivity index (χ4n) is 0.767. The Hall–Kier alpha value is -1.29. The van der Waals surface area contributed by atoms with E-state index in [1.54, 1.807) is 0 Å². The van der Waals surface area contributed by atoms with Crippen LogP contribution >= 0.6 is 11.6 Å². The minimum Gasteiger partial charge on any atom is -0.481 e. The van der Waals surface area contributed by atoms with Crippen LogP contribution in [0.3, 0.4) is 0 Å². The number of aliphatic carboxylic acids is 1. The van der Waals surface area contributed by atoms with Gasteiger partial charge in [0.15, 0.2) is 0 Å². The predicted octanol–water partition coefficient (Wildman–Crippen LogP) is 0.944.